The largest absolute Gasteiger partial charge is 0.497 e. The molecule has 1 aromatic rings. The summed E-state index contributed by atoms with van der Waals surface area (Å²) >= 11 is 5.11. The van der Waals surface area contributed by atoms with Crippen LogP contribution in [-0.2, 0) is 4.79 Å². The van der Waals surface area contributed by atoms with Gasteiger partial charge < -0.3 is 20.1 Å². The van der Waals surface area contributed by atoms with E-state index in [-0.39, 0.29) is 16.9 Å². The molecule has 0 saturated carbocycles. The highest BCUT2D eigenvalue weighted by Crippen LogP contribution is 2.28. The van der Waals surface area contributed by atoms with Crippen LogP contribution < -0.4 is 20.1 Å². The lowest BCUT2D eigenvalue weighted by atomic mass is 10.1. The number of carbonyl (C=O) groups is 1. The first-order valence-electron chi connectivity index (χ1n) is 6.29. The summed E-state index contributed by atoms with van der Waals surface area (Å²) in [7, 11) is 3.14. The molecular weight excluding hydrogens is 276 g/mol. The van der Waals surface area contributed by atoms with E-state index >= 15 is 0 Å². The van der Waals surface area contributed by atoms with E-state index < -0.39 is 0 Å². The molecular formula is C14H20N2O3S. The number of benzene rings is 1. The third-order valence-electron chi connectivity index (χ3n) is 2.50. The van der Waals surface area contributed by atoms with Gasteiger partial charge in [-0.25, -0.2) is 0 Å². The fourth-order valence-corrected chi connectivity index (χ4v) is 1.84. The number of nitrogens with one attached hydrogen (secondary N) is 2. The van der Waals surface area contributed by atoms with Crippen LogP contribution in [0.4, 0.5) is 5.69 Å². The van der Waals surface area contributed by atoms with Gasteiger partial charge in [-0.1, -0.05) is 13.8 Å². The highest BCUT2D eigenvalue weighted by atomic mass is 32.1. The number of hydrogen-bond donors (Lipinski definition) is 2. The molecule has 2 N–H and O–H groups in total. The first-order valence-corrected chi connectivity index (χ1v) is 6.70. The zero-order valence-electron chi connectivity index (χ0n) is 12.1. The lowest BCUT2D eigenvalue weighted by Crippen LogP contribution is -2.34. The molecule has 0 heterocycles. The summed E-state index contributed by atoms with van der Waals surface area (Å²) in [5, 5.41) is 5.81. The molecule has 0 fully saturated rings. The molecule has 6 heteroatoms. The second-order valence-corrected chi connectivity index (χ2v) is 5.07. The van der Waals surface area contributed by atoms with Gasteiger partial charge in [0.15, 0.2) is 5.11 Å². The van der Waals surface area contributed by atoms with E-state index in [1.807, 2.05) is 13.8 Å². The molecule has 110 valence electrons. The van der Waals surface area contributed by atoms with Crippen LogP contribution in [0, 0.1) is 5.92 Å². The van der Waals surface area contributed by atoms with E-state index in [9.17, 15) is 4.79 Å². The normalized spacial score (nSPS) is 10.1. The Balaban J connectivity index is 2.71. The van der Waals surface area contributed by atoms with Crippen LogP contribution in [0.1, 0.15) is 20.3 Å². The summed E-state index contributed by atoms with van der Waals surface area (Å²) in [5.41, 5.74) is 0.640. The average molecular weight is 296 g/mol. The Morgan fingerprint density at radius 2 is 2.00 bits per heavy atom. The predicted molar refractivity (Wildman–Crippen MR) is 83.4 cm³/mol. The zero-order chi connectivity index (χ0) is 15.1. The molecule has 0 aliphatic rings. The molecule has 0 atom stereocenters. The average Bonchev–Trinajstić information content (AvgIpc) is 2.37. The van der Waals surface area contributed by atoms with Crippen molar-refractivity contribution < 1.29 is 14.3 Å². The number of methoxy groups -OCH3 is 2. The number of anilines is 1. The number of ether oxygens (including phenoxy) is 2. The van der Waals surface area contributed by atoms with Gasteiger partial charge in [-0.2, -0.15) is 0 Å². The summed E-state index contributed by atoms with van der Waals surface area (Å²) in [5.74, 6) is 1.46. The minimum Gasteiger partial charge on any atom is -0.497 e. The van der Waals surface area contributed by atoms with Gasteiger partial charge in [0.1, 0.15) is 11.5 Å². The van der Waals surface area contributed by atoms with Gasteiger partial charge >= 0.3 is 0 Å². The van der Waals surface area contributed by atoms with Crippen LogP contribution in [0.2, 0.25) is 0 Å². The topological polar surface area (TPSA) is 59.6 Å². The van der Waals surface area contributed by atoms with Gasteiger partial charge in [-0.15, -0.1) is 0 Å². The van der Waals surface area contributed by atoms with Crippen LogP contribution in [0.15, 0.2) is 18.2 Å². The number of hydrogen-bond acceptors (Lipinski definition) is 4. The highest BCUT2D eigenvalue weighted by molar-refractivity contribution is 7.80. The van der Waals surface area contributed by atoms with E-state index in [1.165, 1.54) is 0 Å². The van der Waals surface area contributed by atoms with Crippen molar-refractivity contribution in [3.63, 3.8) is 0 Å². The molecule has 0 unspecified atom stereocenters. The number of carbonyl (C=O) groups excluding carboxylic acids is 1. The van der Waals surface area contributed by atoms with Crippen LogP contribution in [0.3, 0.4) is 0 Å². The van der Waals surface area contributed by atoms with Gasteiger partial charge in [0, 0.05) is 12.5 Å². The number of thiocarbonyl (C=S) groups is 1. The first kappa shape index (κ1) is 16.2. The molecule has 0 radical (unpaired) electrons. The van der Waals surface area contributed by atoms with Crippen molar-refractivity contribution in [3.8, 4) is 11.5 Å². The fraction of sp³-hybridized carbons (Fsp3) is 0.429. The highest BCUT2D eigenvalue weighted by Gasteiger charge is 2.10. The summed E-state index contributed by atoms with van der Waals surface area (Å²) in [6.07, 6.45) is 0.428. The second kappa shape index (κ2) is 7.69. The maximum absolute atomic E-state index is 11.6. The Bertz CT molecular complexity index is 489. The molecule has 0 aliphatic heterocycles. The second-order valence-electron chi connectivity index (χ2n) is 4.67. The van der Waals surface area contributed by atoms with E-state index in [0.29, 0.717) is 23.6 Å². The lowest BCUT2D eigenvalue weighted by Gasteiger charge is -2.14. The van der Waals surface area contributed by atoms with Crippen molar-refractivity contribution in [2.24, 2.45) is 5.92 Å². The fourth-order valence-electron chi connectivity index (χ4n) is 1.61. The van der Waals surface area contributed by atoms with Crippen molar-refractivity contribution in [2.45, 2.75) is 20.3 Å². The Morgan fingerprint density at radius 3 is 2.55 bits per heavy atom. The molecule has 0 saturated heterocycles. The van der Waals surface area contributed by atoms with Crippen molar-refractivity contribution in [1.82, 2.24) is 5.32 Å². The van der Waals surface area contributed by atoms with Gasteiger partial charge in [0.05, 0.1) is 19.9 Å². The van der Waals surface area contributed by atoms with Crippen molar-refractivity contribution in [3.05, 3.63) is 18.2 Å². The Hall–Kier alpha value is -1.82. The first-order chi connectivity index (χ1) is 9.46. The third kappa shape index (κ3) is 5.05. The van der Waals surface area contributed by atoms with Gasteiger partial charge in [-0.05, 0) is 30.3 Å². The van der Waals surface area contributed by atoms with Gasteiger partial charge in [0.25, 0.3) is 0 Å². The van der Waals surface area contributed by atoms with E-state index in [0.717, 1.165) is 0 Å². The maximum atomic E-state index is 11.6. The number of amides is 1. The predicted octanol–water partition coefficient (Wildman–Crippen LogP) is 2.56. The monoisotopic (exact) mass is 296 g/mol. The molecule has 0 spiro atoms. The SMILES string of the molecule is COc1ccc(OC)c(NC(=S)NC(=O)CC(C)C)c1. The summed E-state index contributed by atoms with van der Waals surface area (Å²) < 4.78 is 10.4. The van der Waals surface area contributed by atoms with E-state index in [4.69, 9.17) is 21.7 Å². The minimum atomic E-state index is -0.112. The molecule has 0 bridgehead atoms. The molecule has 1 amide bonds. The summed E-state index contributed by atoms with van der Waals surface area (Å²) in [4.78, 5) is 11.6. The molecule has 0 aromatic heterocycles. The Labute approximate surface area is 124 Å². The van der Waals surface area contributed by atoms with Crippen molar-refractivity contribution in [2.75, 3.05) is 19.5 Å². The maximum Gasteiger partial charge on any atom is 0.226 e. The van der Waals surface area contributed by atoms with E-state index in [1.54, 1.807) is 32.4 Å². The standard InChI is InChI=1S/C14H20N2O3S/c1-9(2)7-13(17)16-14(20)15-11-8-10(18-3)5-6-12(11)19-4/h5-6,8-9H,7H2,1-4H3,(H2,15,16,17,20). The quantitative estimate of drug-likeness (QED) is 0.818. The summed E-state index contributed by atoms with van der Waals surface area (Å²) in [6.45, 7) is 3.95. The lowest BCUT2D eigenvalue weighted by molar-refractivity contribution is -0.120. The molecule has 1 rings (SSSR count). The zero-order valence-corrected chi connectivity index (χ0v) is 13.0. The molecule has 1 aromatic carbocycles. The Kier molecular flexibility index (Phi) is 6.24. The van der Waals surface area contributed by atoms with E-state index in [2.05, 4.69) is 10.6 Å². The van der Waals surface area contributed by atoms with Crippen LogP contribution in [0.5, 0.6) is 11.5 Å². The van der Waals surface area contributed by atoms with Crippen LogP contribution in [0.25, 0.3) is 0 Å². The summed E-state index contributed by atoms with van der Waals surface area (Å²) in [6, 6.07) is 5.30. The van der Waals surface area contributed by atoms with Gasteiger partial charge in [-0.3, -0.25) is 4.79 Å². The minimum absolute atomic E-state index is 0.112. The van der Waals surface area contributed by atoms with Crippen LogP contribution >= 0.6 is 12.2 Å². The third-order valence-corrected chi connectivity index (χ3v) is 2.71. The van der Waals surface area contributed by atoms with Crippen molar-refractivity contribution in [1.29, 1.82) is 0 Å². The van der Waals surface area contributed by atoms with Crippen LogP contribution in [-0.4, -0.2) is 25.2 Å². The molecule has 0 aliphatic carbocycles. The molecule has 20 heavy (non-hydrogen) atoms. The van der Waals surface area contributed by atoms with Crippen molar-refractivity contribution >= 4 is 28.9 Å². The smallest absolute Gasteiger partial charge is 0.226 e. The number of rotatable bonds is 5. The Morgan fingerprint density at radius 1 is 1.30 bits per heavy atom. The van der Waals surface area contributed by atoms with Gasteiger partial charge in [0.2, 0.25) is 5.91 Å². The molecule has 5 nitrogen and oxygen atoms in total.